The van der Waals surface area contributed by atoms with Gasteiger partial charge in [-0.1, -0.05) is 12.1 Å². The predicted octanol–water partition coefficient (Wildman–Crippen LogP) is 3.46. The molecule has 0 radical (unpaired) electrons. The zero-order chi connectivity index (χ0) is 15.8. The minimum Gasteiger partial charge on any atom is -0.468 e. The Bertz CT molecular complexity index is 636. The van der Waals surface area contributed by atoms with Crippen LogP contribution in [0.3, 0.4) is 0 Å². The van der Waals surface area contributed by atoms with Crippen LogP contribution in [0.25, 0.3) is 6.08 Å². The predicted molar refractivity (Wildman–Crippen MR) is 83.0 cm³/mol. The molecule has 114 valence electrons. The third kappa shape index (κ3) is 5.03. The lowest BCUT2D eigenvalue weighted by atomic mass is 10.2. The number of amides is 1. The summed E-state index contributed by atoms with van der Waals surface area (Å²) in [5.74, 6) is 0.0606. The molecule has 2 aromatic rings. The molecule has 2 rings (SSSR count). The molecule has 0 saturated heterocycles. The highest BCUT2D eigenvalue weighted by Crippen LogP contribution is 2.13. The second-order valence-electron chi connectivity index (χ2n) is 4.45. The number of nitrogens with one attached hydrogen (secondary N) is 1. The number of anilines is 1. The van der Waals surface area contributed by atoms with Crippen molar-refractivity contribution in [2.45, 2.75) is 0 Å². The highest BCUT2D eigenvalue weighted by molar-refractivity contribution is 6.01. The van der Waals surface area contributed by atoms with E-state index in [4.69, 9.17) is 9.47 Å². The summed E-state index contributed by atoms with van der Waals surface area (Å²) < 4.78 is 22.8. The standard InChI is InChI=1S/C17H16FNO3/c1-21-12-22-16-9-2-13(3-10-16)4-11-17(20)19-15-7-5-14(18)6-8-15/h2-11H,12H2,1H3,(H,19,20)/b11-4+. The quantitative estimate of drug-likeness (QED) is 0.656. The third-order valence-electron chi connectivity index (χ3n) is 2.76. The van der Waals surface area contributed by atoms with Crippen LogP contribution in [-0.2, 0) is 9.53 Å². The van der Waals surface area contributed by atoms with Gasteiger partial charge in [0.15, 0.2) is 6.79 Å². The van der Waals surface area contributed by atoms with Gasteiger partial charge < -0.3 is 14.8 Å². The van der Waals surface area contributed by atoms with Crippen LogP contribution < -0.4 is 10.1 Å². The molecule has 2 aromatic carbocycles. The lowest BCUT2D eigenvalue weighted by Gasteiger charge is -2.04. The number of carbonyl (C=O) groups is 1. The molecule has 0 aliphatic rings. The number of halogens is 1. The highest BCUT2D eigenvalue weighted by atomic mass is 19.1. The summed E-state index contributed by atoms with van der Waals surface area (Å²) in [5, 5.41) is 2.65. The SMILES string of the molecule is COCOc1ccc(/C=C/C(=O)Nc2ccc(F)cc2)cc1. The lowest BCUT2D eigenvalue weighted by Crippen LogP contribution is -2.07. The number of carbonyl (C=O) groups excluding carboxylic acids is 1. The maximum atomic E-state index is 12.8. The first-order valence-electron chi connectivity index (χ1n) is 6.64. The first-order valence-corrected chi connectivity index (χ1v) is 6.64. The van der Waals surface area contributed by atoms with Crippen LogP contribution in [0.5, 0.6) is 5.75 Å². The molecule has 0 spiro atoms. The van der Waals surface area contributed by atoms with Crippen molar-refractivity contribution >= 4 is 17.7 Å². The van der Waals surface area contributed by atoms with Gasteiger partial charge in [-0.3, -0.25) is 4.79 Å². The molecule has 0 bridgehead atoms. The van der Waals surface area contributed by atoms with Gasteiger partial charge in [0, 0.05) is 18.9 Å². The van der Waals surface area contributed by atoms with E-state index in [9.17, 15) is 9.18 Å². The van der Waals surface area contributed by atoms with E-state index in [-0.39, 0.29) is 18.5 Å². The summed E-state index contributed by atoms with van der Waals surface area (Å²) >= 11 is 0. The molecule has 0 aliphatic carbocycles. The average molecular weight is 301 g/mol. The first-order chi connectivity index (χ1) is 10.7. The van der Waals surface area contributed by atoms with E-state index in [0.29, 0.717) is 11.4 Å². The minimum absolute atomic E-state index is 0.190. The van der Waals surface area contributed by atoms with Crippen LogP contribution in [0.1, 0.15) is 5.56 Å². The number of methoxy groups -OCH3 is 1. The fourth-order valence-electron chi connectivity index (χ4n) is 1.69. The number of hydrogen-bond acceptors (Lipinski definition) is 3. The van der Waals surface area contributed by atoms with Crippen LogP contribution in [0, 0.1) is 5.82 Å². The zero-order valence-electron chi connectivity index (χ0n) is 12.1. The van der Waals surface area contributed by atoms with E-state index in [0.717, 1.165) is 5.56 Å². The molecule has 22 heavy (non-hydrogen) atoms. The third-order valence-corrected chi connectivity index (χ3v) is 2.76. The zero-order valence-corrected chi connectivity index (χ0v) is 12.1. The molecule has 0 fully saturated rings. The Morgan fingerprint density at radius 2 is 1.82 bits per heavy atom. The Morgan fingerprint density at radius 3 is 2.45 bits per heavy atom. The van der Waals surface area contributed by atoms with E-state index in [2.05, 4.69) is 5.32 Å². The van der Waals surface area contributed by atoms with Gasteiger partial charge in [0.2, 0.25) is 5.91 Å². The number of hydrogen-bond donors (Lipinski definition) is 1. The Balaban J connectivity index is 1.90. The molecule has 0 saturated carbocycles. The summed E-state index contributed by atoms with van der Waals surface area (Å²) in [7, 11) is 1.55. The Kier molecular flexibility index (Phi) is 5.68. The van der Waals surface area contributed by atoms with Crippen LogP contribution in [0.2, 0.25) is 0 Å². The number of benzene rings is 2. The Labute approximate surface area is 128 Å². The fraction of sp³-hybridized carbons (Fsp3) is 0.118. The summed E-state index contributed by atoms with van der Waals surface area (Å²) in [6.07, 6.45) is 3.09. The molecule has 4 nitrogen and oxygen atoms in total. The van der Waals surface area contributed by atoms with E-state index < -0.39 is 0 Å². The van der Waals surface area contributed by atoms with Crippen molar-refractivity contribution < 1.29 is 18.7 Å². The molecular weight excluding hydrogens is 285 g/mol. The summed E-state index contributed by atoms with van der Waals surface area (Å²) in [6.45, 7) is 0.190. The van der Waals surface area contributed by atoms with Crippen molar-refractivity contribution in [1.82, 2.24) is 0 Å². The Hall–Kier alpha value is -2.66. The molecule has 0 aromatic heterocycles. The fourth-order valence-corrected chi connectivity index (χ4v) is 1.69. The normalized spacial score (nSPS) is 10.6. The molecule has 0 unspecified atom stereocenters. The van der Waals surface area contributed by atoms with Crippen LogP contribution in [0.15, 0.2) is 54.6 Å². The van der Waals surface area contributed by atoms with Gasteiger partial charge in [-0.25, -0.2) is 4.39 Å². The monoisotopic (exact) mass is 301 g/mol. The molecule has 0 heterocycles. The van der Waals surface area contributed by atoms with Crippen molar-refractivity contribution in [1.29, 1.82) is 0 Å². The summed E-state index contributed by atoms with van der Waals surface area (Å²) in [4.78, 5) is 11.7. The lowest BCUT2D eigenvalue weighted by molar-refractivity contribution is -0.111. The van der Waals surface area contributed by atoms with E-state index in [1.165, 1.54) is 30.3 Å². The van der Waals surface area contributed by atoms with Crippen LogP contribution in [0.4, 0.5) is 10.1 Å². The largest absolute Gasteiger partial charge is 0.468 e. The second-order valence-corrected chi connectivity index (χ2v) is 4.45. The van der Waals surface area contributed by atoms with E-state index >= 15 is 0 Å². The van der Waals surface area contributed by atoms with Gasteiger partial charge >= 0.3 is 0 Å². The molecular formula is C17H16FNO3. The first kappa shape index (κ1) is 15.7. The topological polar surface area (TPSA) is 47.6 Å². The van der Waals surface area contributed by atoms with Crippen molar-refractivity contribution in [2.75, 3.05) is 19.2 Å². The molecule has 1 amide bonds. The van der Waals surface area contributed by atoms with Crippen LogP contribution in [-0.4, -0.2) is 19.8 Å². The van der Waals surface area contributed by atoms with Gasteiger partial charge in [0.1, 0.15) is 11.6 Å². The second kappa shape index (κ2) is 7.95. The molecule has 1 N–H and O–H groups in total. The molecule has 0 atom stereocenters. The average Bonchev–Trinajstić information content (AvgIpc) is 2.54. The smallest absolute Gasteiger partial charge is 0.248 e. The van der Waals surface area contributed by atoms with Gasteiger partial charge in [-0.05, 0) is 48.0 Å². The maximum absolute atomic E-state index is 12.8. The minimum atomic E-state index is -0.343. The summed E-state index contributed by atoms with van der Waals surface area (Å²) in [5.41, 5.74) is 1.40. The highest BCUT2D eigenvalue weighted by Gasteiger charge is 1.98. The number of ether oxygens (including phenoxy) is 2. The van der Waals surface area contributed by atoms with Crippen LogP contribution >= 0.6 is 0 Å². The van der Waals surface area contributed by atoms with Crippen molar-refractivity contribution in [3.63, 3.8) is 0 Å². The molecule has 0 aliphatic heterocycles. The van der Waals surface area contributed by atoms with Gasteiger partial charge in [0.25, 0.3) is 0 Å². The van der Waals surface area contributed by atoms with Gasteiger partial charge in [-0.2, -0.15) is 0 Å². The molecule has 5 heteroatoms. The van der Waals surface area contributed by atoms with E-state index in [1.807, 2.05) is 12.1 Å². The van der Waals surface area contributed by atoms with Crippen molar-refractivity contribution in [3.8, 4) is 5.75 Å². The Morgan fingerprint density at radius 1 is 1.14 bits per heavy atom. The van der Waals surface area contributed by atoms with Crippen molar-refractivity contribution in [2.24, 2.45) is 0 Å². The van der Waals surface area contributed by atoms with E-state index in [1.54, 1.807) is 25.3 Å². The summed E-state index contributed by atoms with van der Waals surface area (Å²) in [6, 6.07) is 12.8. The van der Waals surface area contributed by atoms with Gasteiger partial charge in [0.05, 0.1) is 0 Å². The van der Waals surface area contributed by atoms with Crippen molar-refractivity contribution in [3.05, 3.63) is 66.0 Å². The maximum Gasteiger partial charge on any atom is 0.248 e. The number of rotatable bonds is 6. The van der Waals surface area contributed by atoms with Gasteiger partial charge in [-0.15, -0.1) is 0 Å².